The minimum atomic E-state index is -0.431. The molecule has 1 fully saturated rings. The van der Waals surface area contributed by atoms with Crippen molar-refractivity contribution < 1.29 is 9.53 Å². The van der Waals surface area contributed by atoms with Gasteiger partial charge in [-0.3, -0.25) is 4.79 Å². The molecule has 2 aromatic rings. The van der Waals surface area contributed by atoms with Crippen molar-refractivity contribution in [1.82, 2.24) is 15.3 Å². The molecule has 1 aromatic carbocycles. The molecule has 4 rings (SSSR count). The van der Waals surface area contributed by atoms with Crippen LogP contribution in [0.15, 0.2) is 24.3 Å². The summed E-state index contributed by atoms with van der Waals surface area (Å²) < 4.78 is 5.80. The average Bonchev–Trinajstić information content (AvgIpc) is 2.74. The largest absolute Gasteiger partial charge is 0.378 e. The van der Waals surface area contributed by atoms with Crippen molar-refractivity contribution in [2.45, 2.75) is 38.8 Å². The first-order valence-electron chi connectivity index (χ1n) is 10.0. The van der Waals surface area contributed by atoms with Crippen molar-refractivity contribution in [3.05, 3.63) is 41.1 Å². The molecule has 2 aliphatic rings. The Hall–Kier alpha value is -2.51. The van der Waals surface area contributed by atoms with Gasteiger partial charge >= 0.3 is 0 Å². The summed E-state index contributed by atoms with van der Waals surface area (Å²) >= 11 is 0. The van der Waals surface area contributed by atoms with Crippen molar-refractivity contribution >= 4 is 11.7 Å². The fourth-order valence-corrected chi connectivity index (χ4v) is 3.98. The van der Waals surface area contributed by atoms with Gasteiger partial charge in [0, 0.05) is 42.9 Å². The minimum absolute atomic E-state index is 0.349. The molecule has 0 radical (unpaired) electrons. The van der Waals surface area contributed by atoms with E-state index in [4.69, 9.17) is 20.4 Å². The summed E-state index contributed by atoms with van der Waals surface area (Å²) in [4.78, 5) is 23.5. The van der Waals surface area contributed by atoms with Crippen LogP contribution in [0.25, 0.3) is 11.4 Å². The normalized spacial score (nSPS) is 17.4. The molecule has 0 aliphatic carbocycles. The smallest absolute Gasteiger partial charge is 0.248 e. The first-order valence-corrected chi connectivity index (χ1v) is 10.0. The monoisotopic (exact) mass is 381 g/mol. The maximum atomic E-state index is 11.3. The molecule has 0 saturated carbocycles. The van der Waals surface area contributed by atoms with E-state index in [0.29, 0.717) is 17.5 Å². The molecule has 1 amide bonds. The van der Waals surface area contributed by atoms with Crippen molar-refractivity contribution in [2.75, 3.05) is 31.1 Å². The van der Waals surface area contributed by atoms with Gasteiger partial charge in [0.1, 0.15) is 5.82 Å². The lowest BCUT2D eigenvalue weighted by Crippen LogP contribution is -2.39. The Morgan fingerprint density at radius 2 is 2.00 bits per heavy atom. The van der Waals surface area contributed by atoms with Gasteiger partial charge in [0.2, 0.25) is 5.91 Å². The Morgan fingerprint density at radius 3 is 2.68 bits per heavy atom. The topological polar surface area (TPSA) is 93.4 Å². The van der Waals surface area contributed by atoms with Gasteiger partial charge in [-0.25, -0.2) is 9.97 Å². The number of anilines is 1. The van der Waals surface area contributed by atoms with E-state index in [2.05, 4.69) is 17.1 Å². The summed E-state index contributed by atoms with van der Waals surface area (Å²) in [6.07, 6.45) is 3.33. The third-order valence-corrected chi connectivity index (χ3v) is 5.49. The zero-order valence-corrected chi connectivity index (χ0v) is 16.3. The highest BCUT2D eigenvalue weighted by atomic mass is 16.5. The Morgan fingerprint density at radius 1 is 1.25 bits per heavy atom. The number of carbonyl (C=O) groups excluding carboxylic acids is 1. The van der Waals surface area contributed by atoms with E-state index in [9.17, 15) is 4.79 Å². The van der Waals surface area contributed by atoms with Gasteiger partial charge in [0.25, 0.3) is 0 Å². The highest BCUT2D eigenvalue weighted by Crippen LogP contribution is 2.30. The van der Waals surface area contributed by atoms with Gasteiger partial charge in [-0.05, 0) is 44.9 Å². The van der Waals surface area contributed by atoms with E-state index in [-0.39, 0.29) is 0 Å². The van der Waals surface area contributed by atoms with Crippen LogP contribution in [-0.4, -0.2) is 48.2 Å². The number of rotatable bonds is 5. The van der Waals surface area contributed by atoms with Crippen molar-refractivity contribution in [2.24, 2.45) is 5.73 Å². The van der Waals surface area contributed by atoms with E-state index in [0.717, 1.165) is 69.1 Å². The fourth-order valence-electron chi connectivity index (χ4n) is 3.98. The lowest BCUT2D eigenvalue weighted by molar-refractivity contribution is 0.0458. The maximum absolute atomic E-state index is 11.3. The van der Waals surface area contributed by atoms with Crippen LogP contribution in [0.1, 0.15) is 41.4 Å². The van der Waals surface area contributed by atoms with Gasteiger partial charge in [-0.2, -0.15) is 0 Å². The lowest BCUT2D eigenvalue weighted by Gasteiger charge is -2.35. The minimum Gasteiger partial charge on any atom is -0.378 e. The van der Waals surface area contributed by atoms with Gasteiger partial charge in [-0.1, -0.05) is 12.1 Å². The fraction of sp³-hybridized carbons (Fsp3) is 0.476. The molecule has 0 unspecified atom stereocenters. The Bertz CT molecular complexity index is 845. The van der Waals surface area contributed by atoms with E-state index < -0.39 is 5.91 Å². The number of amides is 1. The summed E-state index contributed by atoms with van der Waals surface area (Å²) in [5, 5.41) is 3.41. The molecule has 7 heteroatoms. The van der Waals surface area contributed by atoms with E-state index in [1.165, 1.54) is 5.56 Å². The second-order valence-corrected chi connectivity index (χ2v) is 7.31. The predicted molar refractivity (Wildman–Crippen MR) is 108 cm³/mol. The number of ether oxygens (including phenoxy) is 1. The number of nitrogens with zero attached hydrogens (tertiary/aromatic N) is 3. The molecule has 28 heavy (non-hydrogen) atoms. The van der Waals surface area contributed by atoms with Gasteiger partial charge in [0.05, 0.1) is 11.8 Å². The predicted octanol–water partition coefficient (Wildman–Crippen LogP) is 1.89. The summed E-state index contributed by atoms with van der Waals surface area (Å²) in [7, 11) is 0. The number of piperidine rings is 1. The summed E-state index contributed by atoms with van der Waals surface area (Å²) in [5.74, 6) is 1.32. The number of fused-ring (bicyclic) bond motifs is 1. The van der Waals surface area contributed by atoms with Crippen LogP contribution >= 0.6 is 0 Å². The van der Waals surface area contributed by atoms with Crippen LogP contribution in [0.4, 0.5) is 5.82 Å². The highest BCUT2D eigenvalue weighted by Gasteiger charge is 2.26. The Balaban J connectivity index is 1.66. The molecule has 7 nitrogen and oxygen atoms in total. The van der Waals surface area contributed by atoms with Crippen molar-refractivity contribution in [3.8, 4) is 11.4 Å². The van der Waals surface area contributed by atoms with E-state index in [1.54, 1.807) is 12.1 Å². The summed E-state index contributed by atoms with van der Waals surface area (Å²) in [6, 6.07) is 7.18. The average molecular weight is 381 g/mol. The number of benzene rings is 1. The van der Waals surface area contributed by atoms with Crippen LogP contribution in [0.2, 0.25) is 0 Å². The number of nitrogens with two attached hydrogens (primary N) is 1. The number of nitrogens with one attached hydrogen (secondary N) is 1. The van der Waals surface area contributed by atoms with E-state index >= 15 is 0 Å². The molecule has 2 aliphatic heterocycles. The molecule has 0 spiro atoms. The van der Waals surface area contributed by atoms with E-state index in [1.807, 2.05) is 12.1 Å². The molecule has 0 bridgehead atoms. The third kappa shape index (κ3) is 3.86. The molecule has 1 aromatic heterocycles. The molecule has 0 atom stereocenters. The van der Waals surface area contributed by atoms with Crippen molar-refractivity contribution in [3.63, 3.8) is 0 Å². The van der Waals surface area contributed by atoms with Crippen LogP contribution < -0.4 is 16.0 Å². The van der Waals surface area contributed by atoms with Crippen molar-refractivity contribution in [1.29, 1.82) is 0 Å². The number of primary amides is 1. The van der Waals surface area contributed by atoms with Crippen LogP contribution in [0.3, 0.4) is 0 Å². The van der Waals surface area contributed by atoms with Gasteiger partial charge < -0.3 is 20.7 Å². The lowest BCUT2D eigenvalue weighted by atomic mass is 10.0. The first kappa shape index (κ1) is 18.8. The Labute approximate surface area is 165 Å². The van der Waals surface area contributed by atoms with Gasteiger partial charge in [0.15, 0.2) is 5.82 Å². The van der Waals surface area contributed by atoms with Crippen LogP contribution in [0, 0.1) is 0 Å². The summed E-state index contributed by atoms with van der Waals surface area (Å²) in [5.41, 5.74) is 9.06. The summed E-state index contributed by atoms with van der Waals surface area (Å²) in [6.45, 7) is 6.42. The number of carbonyl (C=O) groups is 1. The zero-order chi connectivity index (χ0) is 19.5. The second kappa shape index (κ2) is 8.24. The van der Waals surface area contributed by atoms with Crippen LogP contribution in [0.5, 0.6) is 0 Å². The number of hydrogen-bond acceptors (Lipinski definition) is 6. The standard InChI is InChI=1S/C21H27N5O2/c1-2-28-16-8-11-26(12-9-16)21-17-7-10-23-13-18(17)24-20(25-21)15-5-3-14(4-6-15)19(22)27/h3-6,16,23H,2,7-13H2,1H3,(H2,22,27). The molecule has 3 N–H and O–H groups in total. The second-order valence-electron chi connectivity index (χ2n) is 7.31. The first-order chi connectivity index (χ1) is 13.7. The number of aromatic nitrogens is 2. The van der Waals surface area contributed by atoms with Gasteiger partial charge in [-0.15, -0.1) is 0 Å². The maximum Gasteiger partial charge on any atom is 0.248 e. The quantitative estimate of drug-likeness (QED) is 0.822. The molecule has 148 valence electrons. The molecular formula is C21H27N5O2. The zero-order valence-electron chi connectivity index (χ0n) is 16.3. The SMILES string of the molecule is CCOC1CCN(c2nc(-c3ccc(C(N)=O)cc3)nc3c2CCNC3)CC1. The Kier molecular flexibility index (Phi) is 5.54. The molecule has 1 saturated heterocycles. The van der Waals surface area contributed by atoms with Crippen LogP contribution in [-0.2, 0) is 17.7 Å². The number of hydrogen-bond donors (Lipinski definition) is 2. The highest BCUT2D eigenvalue weighted by molar-refractivity contribution is 5.93. The molecular weight excluding hydrogens is 354 g/mol. The molecule has 3 heterocycles. The third-order valence-electron chi connectivity index (χ3n) is 5.49.